The summed E-state index contributed by atoms with van der Waals surface area (Å²) < 4.78 is 4.71. The summed E-state index contributed by atoms with van der Waals surface area (Å²) in [7, 11) is 0. The van der Waals surface area contributed by atoms with Gasteiger partial charge in [-0.3, -0.25) is 4.79 Å². The van der Waals surface area contributed by atoms with Gasteiger partial charge >= 0.3 is 0 Å². The molecule has 4 nitrogen and oxygen atoms in total. The summed E-state index contributed by atoms with van der Waals surface area (Å²) in [6.45, 7) is 2.24. The highest BCUT2D eigenvalue weighted by atomic mass is 16.5. The monoisotopic (exact) mass is 216 g/mol. The molecule has 0 atom stereocenters. The lowest BCUT2D eigenvalue weighted by Gasteiger charge is -2.03. The zero-order valence-electron chi connectivity index (χ0n) is 8.93. The Bertz CT molecular complexity index is 477. The largest absolute Gasteiger partial charge is 0.364 e. The van der Waals surface area contributed by atoms with Crippen molar-refractivity contribution in [1.29, 1.82) is 0 Å². The average molecular weight is 216 g/mol. The number of carbonyl (C=O) groups is 1. The van der Waals surface area contributed by atoms with Crippen LogP contribution in [0.4, 0.5) is 0 Å². The van der Waals surface area contributed by atoms with Crippen molar-refractivity contribution in [1.82, 2.24) is 10.5 Å². The normalized spacial score (nSPS) is 10.1. The Morgan fingerprint density at radius 2 is 2.12 bits per heavy atom. The van der Waals surface area contributed by atoms with E-state index in [0.29, 0.717) is 17.8 Å². The maximum absolute atomic E-state index is 11.7. The first-order chi connectivity index (χ1) is 7.77. The zero-order chi connectivity index (χ0) is 11.4. The fourth-order valence-electron chi connectivity index (χ4n) is 1.38. The lowest BCUT2D eigenvalue weighted by atomic mass is 10.2. The fraction of sp³-hybridized carbons (Fsp3) is 0.167. The molecule has 0 saturated carbocycles. The summed E-state index contributed by atoms with van der Waals surface area (Å²) in [5.41, 5.74) is 2.14. The van der Waals surface area contributed by atoms with Crippen molar-refractivity contribution in [3.63, 3.8) is 0 Å². The molecule has 2 rings (SSSR count). The van der Waals surface area contributed by atoms with Crippen molar-refractivity contribution in [3.05, 3.63) is 53.4 Å². The molecule has 4 heteroatoms. The molecule has 0 unspecified atom stereocenters. The van der Waals surface area contributed by atoms with E-state index in [1.165, 1.54) is 6.26 Å². The SMILES string of the molecule is Cc1nocc1C(=O)NCc1ccccc1. The number of nitrogens with zero attached hydrogens (tertiary/aromatic N) is 1. The Labute approximate surface area is 93.3 Å². The summed E-state index contributed by atoms with van der Waals surface area (Å²) in [6.07, 6.45) is 1.36. The van der Waals surface area contributed by atoms with E-state index in [-0.39, 0.29) is 5.91 Å². The van der Waals surface area contributed by atoms with Crippen LogP contribution in [-0.2, 0) is 6.54 Å². The minimum atomic E-state index is -0.164. The molecule has 0 saturated heterocycles. The van der Waals surface area contributed by atoms with Gasteiger partial charge in [0.15, 0.2) is 0 Å². The molecule has 0 radical (unpaired) electrons. The molecule has 1 N–H and O–H groups in total. The van der Waals surface area contributed by atoms with Crippen molar-refractivity contribution in [2.45, 2.75) is 13.5 Å². The molecule has 16 heavy (non-hydrogen) atoms. The van der Waals surface area contributed by atoms with Crippen LogP contribution in [0.2, 0.25) is 0 Å². The van der Waals surface area contributed by atoms with E-state index >= 15 is 0 Å². The summed E-state index contributed by atoms with van der Waals surface area (Å²) in [4.78, 5) is 11.7. The predicted molar refractivity (Wildman–Crippen MR) is 58.9 cm³/mol. The van der Waals surface area contributed by atoms with Gasteiger partial charge in [-0.05, 0) is 12.5 Å². The summed E-state index contributed by atoms with van der Waals surface area (Å²) in [5.74, 6) is -0.164. The van der Waals surface area contributed by atoms with Crippen LogP contribution in [0.25, 0.3) is 0 Å². The second-order valence-corrected chi connectivity index (χ2v) is 3.48. The minimum absolute atomic E-state index is 0.164. The van der Waals surface area contributed by atoms with Gasteiger partial charge in [0.1, 0.15) is 11.8 Å². The Morgan fingerprint density at radius 1 is 1.38 bits per heavy atom. The third-order valence-corrected chi connectivity index (χ3v) is 2.29. The Hall–Kier alpha value is -2.10. The Balaban J connectivity index is 1.97. The second kappa shape index (κ2) is 4.61. The van der Waals surface area contributed by atoms with Gasteiger partial charge in [-0.25, -0.2) is 0 Å². The van der Waals surface area contributed by atoms with Gasteiger partial charge in [0.05, 0.1) is 5.69 Å². The number of aromatic nitrogens is 1. The van der Waals surface area contributed by atoms with Gasteiger partial charge in [-0.2, -0.15) is 0 Å². The van der Waals surface area contributed by atoms with Crippen LogP contribution in [0.5, 0.6) is 0 Å². The van der Waals surface area contributed by atoms with Gasteiger partial charge in [-0.1, -0.05) is 35.5 Å². The molecule has 1 aromatic carbocycles. The number of rotatable bonds is 3. The standard InChI is InChI=1S/C12H12N2O2/c1-9-11(8-16-14-9)12(15)13-7-10-5-3-2-4-6-10/h2-6,8H,7H2,1H3,(H,13,15). The number of hydrogen-bond acceptors (Lipinski definition) is 3. The Kier molecular flexibility index (Phi) is 3.00. The Morgan fingerprint density at radius 3 is 2.75 bits per heavy atom. The van der Waals surface area contributed by atoms with E-state index in [1.54, 1.807) is 6.92 Å². The van der Waals surface area contributed by atoms with Crippen LogP contribution < -0.4 is 5.32 Å². The smallest absolute Gasteiger partial charge is 0.256 e. The van der Waals surface area contributed by atoms with Crippen molar-refractivity contribution < 1.29 is 9.32 Å². The summed E-state index contributed by atoms with van der Waals surface area (Å²) in [5, 5.41) is 6.46. The van der Waals surface area contributed by atoms with Gasteiger partial charge in [0.25, 0.3) is 5.91 Å². The lowest BCUT2D eigenvalue weighted by Crippen LogP contribution is -2.22. The highest BCUT2D eigenvalue weighted by Gasteiger charge is 2.11. The molecule has 0 bridgehead atoms. The third-order valence-electron chi connectivity index (χ3n) is 2.29. The van der Waals surface area contributed by atoms with E-state index in [2.05, 4.69) is 10.5 Å². The topological polar surface area (TPSA) is 55.1 Å². The van der Waals surface area contributed by atoms with E-state index in [4.69, 9.17) is 4.52 Å². The first-order valence-electron chi connectivity index (χ1n) is 5.00. The molecule has 0 aliphatic rings. The number of nitrogens with one attached hydrogen (secondary N) is 1. The number of aryl methyl sites for hydroxylation is 1. The molecule has 82 valence electrons. The second-order valence-electron chi connectivity index (χ2n) is 3.48. The third kappa shape index (κ3) is 2.28. The highest BCUT2D eigenvalue weighted by molar-refractivity contribution is 5.94. The number of carbonyl (C=O) groups excluding carboxylic acids is 1. The summed E-state index contributed by atoms with van der Waals surface area (Å²) >= 11 is 0. The van der Waals surface area contributed by atoms with Crippen molar-refractivity contribution >= 4 is 5.91 Å². The van der Waals surface area contributed by atoms with Crippen LogP contribution in [0, 0.1) is 6.92 Å². The van der Waals surface area contributed by atoms with Crippen LogP contribution in [0.15, 0.2) is 41.1 Å². The molecule has 0 fully saturated rings. The molecule has 1 heterocycles. The van der Waals surface area contributed by atoms with Crippen molar-refractivity contribution in [2.24, 2.45) is 0 Å². The quantitative estimate of drug-likeness (QED) is 0.852. The summed E-state index contributed by atoms with van der Waals surface area (Å²) in [6, 6.07) is 9.73. The van der Waals surface area contributed by atoms with Gasteiger partial charge in [0.2, 0.25) is 0 Å². The van der Waals surface area contributed by atoms with E-state index in [9.17, 15) is 4.79 Å². The van der Waals surface area contributed by atoms with Crippen molar-refractivity contribution in [3.8, 4) is 0 Å². The van der Waals surface area contributed by atoms with Gasteiger partial charge in [0, 0.05) is 6.54 Å². The van der Waals surface area contributed by atoms with Crippen LogP contribution >= 0.6 is 0 Å². The van der Waals surface area contributed by atoms with E-state index in [0.717, 1.165) is 5.56 Å². The predicted octanol–water partition coefficient (Wildman–Crippen LogP) is 1.91. The molecular weight excluding hydrogens is 204 g/mol. The number of hydrogen-bond donors (Lipinski definition) is 1. The molecule has 0 spiro atoms. The molecule has 0 aliphatic carbocycles. The van der Waals surface area contributed by atoms with Crippen LogP contribution in [0.1, 0.15) is 21.6 Å². The highest BCUT2D eigenvalue weighted by Crippen LogP contribution is 2.05. The van der Waals surface area contributed by atoms with Crippen LogP contribution in [0.3, 0.4) is 0 Å². The molecule has 1 aromatic heterocycles. The van der Waals surface area contributed by atoms with E-state index in [1.807, 2.05) is 30.3 Å². The minimum Gasteiger partial charge on any atom is -0.364 e. The lowest BCUT2D eigenvalue weighted by molar-refractivity contribution is 0.0950. The zero-order valence-corrected chi connectivity index (χ0v) is 8.93. The maximum atomic E-state index is 11.7. The maximum Gasteiger partial charge on any atom is 0.256 e. The molecule has 2 aromatic rings. The fourth-order valence-corrected chi connectivity index (χ4v) is 1.38. The molecular formula is C12H12N2O2. The molecule has 1 amide bonds. The number of amides is 1. The molecule has 0 aliphatic heterocycles. The van der Waals surface area contributed by atoms with Crippen LogP contribution in [-0.4, -0.2) is 11.1 Å². The first-order valence-corrected chi connectivity index (χ1v) is 5.00. The average Bonchev–Trinajstić information content (AvgIpc) is 2.74. The number of benzene rings is 1. The van der Waals surface area contributed by atoms with Gasteiger partial charge < -0.3 is 9.84 Å². The van der Waals surface area contributed by atoms with Crippen molar-refractivity contribution in [2.75, 3.05) is 0 Å². The first kappa shape index (κ1) is 10.4. The van der Waals surface area contributed by atoms with Gasteiger partial charge in [-0.15, -0.1) is 0 Å². The van der Waals surface area contributed by atoms with E-state index < -0.39 is 0 Å².